The normalized spacial score (nSPS) is 21.3. The molecule has 126 valence electrons. The van der Waals surface area contributed by atoms with Crippen molar-refractivity contribution >= 4 is 17.8 Å². The van der Waals surface area contributed by atoms with Gasteiger partial charge < -0.3 is 25.6 Å². The first-order chi connectivity index (χ1) is 10.4. The summed E-state index contributed by atoms with van der Waals surface area (Å²) in [4.78, 5) is 34.6. The Hall–Kier alpha value is -1.67. The molecular weight excluding hydrogens is 292 g/mol. The molecule has 1 saturated heterocycles. The monoisotopic (exact) mass is 316 g/mol. The van der Waals surface area contributed by atoms with E-state index in [4.69, 9.17) is 14.9 Å². The maximum Gasteiger partial charge on any atom is 0.336 e. The fourth-order valence-electron chi connectivity index (χ4n) is 2.01. The second-order valence-electron chi connectivity index (χ2n) is 5.62. The molecule has 0 radical (unpaired) electrons. The van der Waals surface area contributed by atoms with E-state index < -0.39 is 30.1 Å². The first kappa shape index (κ1) is 18.4. The van der Waals surface area contributed by atoms with E-state index >= 15 is 0 Å². The van der Waals surface area contributed by atoms with Crippen LogP contribution in [0.4, 0.5) is 0 Å². The lowest BCUT2D eigenvalue weighted by Crippen LogP contribution is -2.51. The van der Waals surface area contributed by atoms with Crippen LogP contribution in [0.2, 0.25) is 0 Å². The molecule has 0 aromatic heterocycles. The fraction of sp³-hybridized carbons (Fsp3) is 0.786. The van der Waals surface area contributed by atoms with Gasteiger partial charge in [-0.1, -0.05) is 13.8 Å². The maximum absolute atomic E-state index is 12.1. The van der Waals surface area contributed by atoms with Gasteiger partial charge in [0.1, 0.15) is 6.04 Å². The van der Waals surface area contributed by atoms with Gasteiger partial charge in [-0.05, 0) is 25.2 Å². The van der Waals surface area contributed by atoms with Crippen molar-refractivity contribution in [3.05, 3.63) is 0 Å². The molecule has 0 aromatic carbocycles. The minimum Gasteiger partial charge on any atom is -0.479 e. The highest BCUT2D eigenvalue weighted by molar-refractivity contribution is 5.95. The number of carboxylic acids is 1. The first-order valence-electron chi connectivity index (χ1n) is 7.45. The summed E-state index contributed by atoms with van der Waals surface area (Å²) < 4.78 is 4.76. The van der Waals surface area contributed by atoms with E-state index in [0.717, 1.165) is 12.8 Å². The molecule has 8 nitrogen and oxygen atoms in total. The van der Waals surface area contributed by atoms with E-state index in [0.29, 0.717) is 13.0 Å². The second-order valence-corrected chi connectivity index (χ2v) is 5.62. The number of aliphatic hydroxyl groups is 1. The molecule has 0 bridgehead atoms. The Kier molecular flexibility index (Phi) is 7.26. The third-order valence-corrected chi connectivity index (χ3v) is 3.37. The van der Waals surface area contributed by atoms with Gasteiger partial charge in [-0.15, -0.1) is 0 Å². The van der Waals surface area contributed by atoms with Gasteiger partial charge in [-0.25, -0.2) is 4.79 Å². The molecule has 1 aliphatic heterocycles. The molecular formula is C14H24N2O6. The van der Waals surface area contributed by atoms with Gasteiger partial charge in [0.2, 0.25) is 5.91 Å². The van der Waals surface area contributed by atoms with E-state index in [-0.39, 0.29) is 18.4 Å². The molecule has 1 heterocycles. The number of rotatable bonds is 10. The van der Waals surface area contributed by atoms with E-state index in [9.17, 15) is 14.4 Å². The number of hydrogen-bond donors (Lipinski definition) is 4. The van der Waals surface area contributed by atoms with E-state index in [2.05, 4.69) is 10.6 Å². The van der Waals surface area contributed by atoms with Gasteiger partial charge in [0.15, 0.2) is 12.2 Å². The highest BCUT2D eigenvalue weighted by atomic mass is 16.6. The summed E-state index contributed by atoms with van der Waals surface area (Å²) in [5.74, 6) is -2.21. The Morgan fingerprint density at radius 1 is 1.14 bits per heavy atom. The molecule has 1 rings (SSSR count). The Balaban J connectivity index is 2.39. The number of aliphatic hydroxyl groups excluding tert-OH is 1. The van der Waals surface area contributed by atoms with Crippen LogP contribution in [0.1, 0.15) is 33.1 Å². The Bertz CT molecular complexity index is 412. The van der Waals surface area contributed by atoms with Crippen LogP contribution in [0.15, 0.2) is 0 Å². The number of hydrogen-bond acceptors (Lipinski definition) is 5. The first-order valence-corrected chi connectivity index (χ1v) is 7.45. The number of carboxylic acid groups (broad SMARTS) is 1. The zero-order valence-corrected chi connectivity index (χ0v) is 12.9. The lowest BCUT2D eigenvalue weighted by atomic mass is 10.0. The predicted octanol–water partition coefficient (Wildman–Crippen LogP) is -0.742. The molecule has 0 unspecified atom stereocenters. The van der Waals surface area contributed by atoms with Crippen molar-refractivity contribution < 1.29 is 29.3 Å². The van der Waals surface area contributed by atoms with Crippen LogP contribution >= 0.6 is 0 Å². The van der Waals surface area contributed by atoms with Gasteiger partial charge in [-0.2, -0.15) is 0 Å². The maximum atomic E-state index is 12.1. The van der Waals surface area contributed by atoms with Crippen molar-refractivity contribution in [2.24, 2.45) is 5.92 Å². The minimum atomic E-state index is -1.19. The van der Waals surface area contributed by atoms with Crippen LogP contribution in [0.5, 0.6) is 0 Å². The Morgan fingerprint density at radius 2 is 1.82 bits per heavy atom. The highest BCUT2D eigenvalue weighted by Crippen LogP contribution is 2.22. The summed E-state index contributed by atoms with van der Waals surface area (Å²) in [5, 5.41) is 22.6. The molecule has 0 aromatic rings. The van der Waals surface area contributed by atoms with Crippen LogP contribution in [0.3, 0.4) is 0 Å². The third kappa shape index (κ3) is 5.61. The van der Waals surface area contributed by atoms with Gasteiger partial charge in [0, 0.05) is 13.2 Å². The van der Waals surface area contributed by atoms with Crippen LogP contribution < -0.4 is 10.6 Å². The van der Waals surface area contributed by atoms with Crippen molar-refractivity contribution in [1.29, 1.82) is 0 Å². The number of carbonyl (C=O) groups excluding carboxylic acids is 2. The van der Waals surface area contributed by atoms with Crippen LogP contribution in [-0.2, 0) is 19.1 Å². The number of nitrogens with one attached hydrogen (secondary N) is 2. The number of epoxide rings is 1. The summed E-state index contributed by atoms with van der Waals surface area (Å²) >= 11 is 0. The lowest BCUT2D eigenvalue weighted by molar-refractivity contribution is -0.138. The molecule has 3 atom stereocenters. The van der Waals surface area contributed by atoms with Crippen molar-refractivity contribution in [3.8, 4) is 0 Å². The minimum absolute atomic E-state index is 0.130. The molecule has 8 heteroatoms. The van der Waals surface area contributed by atoms with Crippen LogP contribution in [0, 0.1) is 5.92 Å². The van der Waals surface area contributed by atoms with Crippen molar-refractivity contribution in [3.63, 3.8) is 0 Å². The van der Waals surface area contributed by atoms with Crippen LogP contribution in [-0.4, -0.2) is 59.4 Å². The summed E-state index contributed by atoms with van der Waals surface area (Å²) in [5.41, 5.74) is 0. The summed E-state index contributed by atoms with van der Waals surface area (Å²) in [6.45, 7) is 4.18. The summed E-state index contributed by atoms with van der Waals surface area (Å²) in [6, 6.07) is -0.732. The quantitative estimate of drug-likeness (QED) is 0.310. The number of carbonyl (C=O) groups is 3. The van der Waals surface area contributed by atoms with Gasteiger partial charge in [0.05, 0.1) is 0 Å². The SMILES string of the molecule is CC(C)[C@H](NC(=O)[C@H]1O[C@@H]1C(=O)O)C(=O)NCCCCCO. The zero-order valence-electron chi connectivity index (χ0n) is 12.9. The molecule has 1 fully saturated rings. The molecule has 2 amide bonds. The summed E-state index contributed by atoms with van der Waals surface area (Å²) in [7, 11) is 0. The second kappa shape index (κ2) is 8.70. The molecule has 4 N–H and O–H groups in total. The van der Waals surface area contributed by atoms with Crippen molar-refractivity contribution in [2.75, 3.05) is 13.2 Å². The third-order valence-electron chi connectivity index (χ3n) is 3.37. The summed E-state index contributed by atoms with van der Waals surface area (Å²) in [6.07, 6.45) is 0.116. The Morgan fingerprint density at radius 3 is 2.32 bits per heavy atom. The largest absolute Gasteiger partial charge is 0.479 e. The van der Waals surface area contributed by atoms with Gasteiger partial charge in [0.25, 0.3) is 5.91 Å². The van der Waals surface area contributed by atoms with Crippen molar-refractivity contribution in [1.82, 2.24) is 10.6 Å². The van der Waals surface area contributed by atoms with E-state index in [1.54, 1.807) is 13.8 Å². The van der Waals surface area contributed by atoms with Crippen molar-refractivity contribution in [2.45, 2.75) is 51.4 Å². The van der Waals surface area contributed by atoms with E-state index in [1.807, 2.05) is 0 Å². The fourth-order valence-corrected chi connectivity index (χ4v) is 2.01. The number of ether oxygens (including phenoxy) is 1. The average molecular weight is 316 g/mol. The zero-order chi connectivity index (χ0) is 16.7. The Labute approximate surface area is 129 Å². The molecule has 1 aliphatic rings. The average Bonchev–Trinajstić information content (AvgIpc) is 3.24. The van der Waals surface area contributed by atoms with Gasteiger partial charge >= 0.3 is 5.97 Å². The predicted molar refractivity (Wildman–Crippen MR) is 77.0 cm³/mol. The molecule has 0 aliphatic carbocycles. The highest BCUT2D eigenvalue weighted by Gasteiger charge is 2.51. The smallest absolute Gasteiger partial charge is 0.336 e. The number of unbranched alkanes of at least 4 members (excludes halogenated alkanes) is 2. The molecule has 0 spiro atoms. The molecule has 22 heavy (non-hydrogen) atoms. The molecule has 0 saturated carbocycles. The lowest BCUT2D eigenvalue weighted by Gasteiger charge is -2.21. The number of amides is 2. The topological polar surface area (TPSA) is 128 Å². The van der Waals surface area contributed by atoms with Crippen LogP contribution in [0.25, 0.3) is 0 Å². The number of aliphatic carboxylic acids is 1. The standard InChI is InChI=1S/C14H24N2O6/c1-8(2)9(12(18)15-6-4-3-5-7-17)16-13(19)10-11(22-10)14(20)21/h8-11,17H,3-7H2,1-2H3,(H,15,18)(H,16,19)(H,20,21)/t9-,10-,11-/m0/s1. The van der Waals surface area contributed by atoms with E-state index in [1.165, 1.54) is 0 Å². The van der Waals surface area contributed by atoms with Gasteiger partial charge in [-0.3, -0.25) is 9.59 Å².